The van der Waals surface area contributed by atoms with Gasteiger partial charge in [0.1, 0.15) is 0 Å². The summed E-state index contributed by atoms with van der Waals surface area (Å²) in [6.07, 6.45) is 5.92. The summed E-state index contributed by atoms with van der Waals surface area (Å²) in [5.41, 5.74) is 3.27. The van der Waals surface area contributed by atoms with Gasteiger partial charge in [0, 0.05) is 17.7 Å². The Kier molecular flexibility index (Phi) is 9.27. The number of methoxy groups -OCH3 is 1. The van der Waals surface area contributed by atoms with Crippen molar-refractivity contribution in [2.45, 2.75) is 32.6 Å². The Hall–Kier alpha value is -2.94. The standard InChI is InChI=1S/C21H24BrN3O5/c1-3-4-5-6-11-30-20-18(22)12-15(13-19(20)29-2)14-23-24-21(26)16-7-9-17(10-8-16)25(27)28/h7-10,12-14H,3-6,11H2,1-2H3,(H,24,26)/b23-14+. The molecule has 0 radical (unpaired) electrons. The number of nitro groups is 1. The molecule has 0 aromatic heterocycles. The highest BCUT2D eigenvalue weighted by Crippen LogP contribution is 2.36. The monoisotopic (exact) mass is 477 g/mol. The molecule has 2 rings (SSSR count). The van der Waals surface area contributed by atoms with Crippen molar-refractivity contribution in [2.24, 2.45) is 5.10 Å². The molecule has 8 nitrogen and oxygen atoms in total. The second-order valence-electron chi connectivity index (χ2n) is 6.45. The quantitative estimate of drug-likeness (QED) is 0.210. The van der Waals surface area contributed by atoms with Crippen LogP contribution >= 0.6 is 15.9 Å². The van der Waals surface area contributed by atoms with Crippen molar-refractivity contribution >= 4 is 33.7 Å². The molecule has 0 heterocycles. The van der Waals surface area contributed by atoms with Gasteiger partial charge in [-0.25, -0.2) is 5.43 Å². The number of benzene rings is 2. The predicted octanol–water partition coefficient (Wildman–Crippen LogP) is 5.09. The summed E-state index contributed by atoms with van der Waals surface area (Å²) in [6, 6.07) is 8.84. The van der Waals surface area contributed by atoms with E-state index < -0.39 is 10.8 Å². The molecule has 0 saturated heterocycles. The highest BCUT2D eigenvalue weighted by atomic mass is 79.9. The van der Waals surface area contributed by atoms with E-state index in [4.69, 9.17) is 9.47 Å². The first-order chi connectivity index (χ1) is 14.5. The molecule has 0 aliphatic carbocycles. The van der Waals surface area contributed by atoms with Crippen molar-refractivity contribution in [3.05, 3.63) is 62.1 Å². The number of amides is 1. The molecule has 2 aromatic carbocycles. The van der Waals surface area contributed by atoms with Crippen molar-refractivity contribution in [1.82, 2.24) is 5.43 Å². The number of hydrogen-bond donors (Lipinski definition) is 1. The maximum atomic E-state index is 12.1. The van der Waals surface area contributed by atoms with Crippen LogP contribution in [0.1, 0.15) is 48.5 Å². The molecule has 0 saturated carbocycles. The van der Waals surface area contributed by atoms with E-state index in [9.17, 15) is 14.9 Å². The number of non-ortho nitro benzene ring substituents is 1. The number of hydrogen-bond acceptors (Lipinski definition) is 6. The van der Waals surface area contributed by atoms with Crippen molar-refractivity contribution in [3.63, 3.8) is 0 Å². The summed E-state index contributed by atoms with van der Waals surface area (Å²) in [5.74, 6) is 0.711. The van der Waals surface area contributed by atoms with Gasteiger partial charge in [0.2, 0.25) is 0 Å². The van der Waals surface area contributed by atoms with E-state index in [0.717, 1.165) is 17.3 Å². The van der Waals surface area contributed by atoms with Gasteiger partial charge in [-0.1, -0.05) is 26.2 Å². The predicted molar refractivity (Wildman–Crippen MR) is 118 cm³/mol. The number of unbranched alkanes of at least 4 members (excludes halogenated alkanes) is 3. The summed E-state index contributed by atoms with van der Waals surface area (Å²) in [6.45, 7) is 2.77. The Morgan fingerprint density at radius 2 is 1.97 bits per heavy atom. The van der Waals surface area contributed by atoms with Crippen LogP contribution in [-0.4, -0.2) is 30.8 Å². The molecule has 0 aliphatic heterocycles. The van der Waals surface area contributed by atoms with Gasteiger partial charge in [0.15, 0.2) is 11.5 Å². The van der Waals surface area contributed by atoms with E-state index in [-0.39, 0.29) is 11.3 Å². The van der Waals surface area contributed by atoms with Crippen LogP contribution in [0.3, 0.4) is 0 Å². The summed E-state index contributed by atoms with van der Waals surface area (Å²) in [7, 11) is 1.56. The van der Waals surface area contributed by atoms with Crippen molar-refractivity contribution in [1.29, 1.82) is 0 Å². The van der Waals surface area contributed by atoms with Crippen LogP contribution in [0.4, 0.5) is 5.69 Å². The Morgan fingerprint density at radius 1 is 1.23 bits per heavy atom. The minimum Gasteiger partial charge on any atom is -0.493 e. The van der Waals surface area contributed by atoms with Crippen LogP contribution in [-0.2, 0) is 0 Å². The lowest BCUT2D eigenvalue weighted by Gasteiger charge is -2.13. The average Bonchev–Trinajstić information content (AvgIpc) is 2.74. The van der Waals surface area contributed by atoms with Gasteiger partial charge in [0.05, 0.1) is 29.3 Å². The number of nitrogens with zero attached hydrogens (tertiary/aromatic N) is 2. The largest absolute Gasteiger partial charge is 0.493 e. The van der Waals surface area contributed by atoms with Crippen LogP contribution in [0.5, 0.6) is 11.5 Å². The van der Waals surface area contributed by atoms with Crippen molar-refractivity contribution in [2.75, 3.05) is 13.7 Å². The van der Waals surface area contributed by atoms with Crippen LogP contribution in [0.15, 0.2) is 46.0 Å². The second-order valence-corrected chi connectivity index (χ2v) is 7.30. The molecule has 2 aromatic rings. The van der Waals surface area contributed by atoms with E-state index >= 15 is 0 Å². The number of carbonyl (C=O) groups is 1. The molecule has 1 N–H and O–H groups in total. The Bertz CT molecular complexity index is 900. The van der Waals surface area contributed by atoms with Gasteiger partial charge in [-0.05, 0) is 52.2 Å². The third-order valence-corrected chi connectivity index (χ3v) is 4.81. The molecule has 0 atom stereocenters. The van der Waals surface area contributed by atoms with Crippen LogP contribution < -0.4 is 14.9 Å². The van der Waals surface area contributed by atoms with E-state index in [1.807, 2.05) is 6.07 Å². The van der Waals surface area contributed by atoms with Crippen LogP contribution in [0.2, 0.25) is 0 Å². The molecular formula is C21H24BrN3O5. The molecule has 1 amide bonds. The Morgan fingerprint density at radius 3 is 2.60 bits per heavy atom. The first kappa shape index (κ1) is 23.3. The van der Waals surface area contributed by atoms with Gasteiger partial charge in [-0.15, -0.1) is 0 Å². The lowest BCUT2D eigenvalue weighted by Crippen LogP contribution is -2.17. The summed E-state index contributed by atoms with van der Waals surface area (Å²) in [4.78, 5) is 22.3. The van der Waals surface area contributed by atoms with Gasteiger partial charge in [-0.3, -0.25) is 14.9 Å². The molecule has 0 fully saturated rings. The lowest BCUT2D eigenvalue weighted by atomic mass is 10.2. The lowest BCUT2D eigenvalue weighted by molar-refractivity contribution is -0.384. The molecule has 0 bridgehead atoms. The van der Waals surface area contributed by atoms with E-state index in [2.05, 4.69) is 33.4 Å². The zero-order valence-electron chi connectivity index (χ0n) is 16.9. The smallest absolute Gasteiger partial charge is 0.271 e. The summed E-state index contributed by atoms with van der Waals surface area (Å²) >= 11 is 3.49. The third-order valence-electron chi connectivity index (χ3n) is 4.22. The SMILES string of the molecule is CCCCCCOc1c(Br)cc(/C=N/NC(=O)c2ccc([N+](=O)[O-])cc2)cc1OC. The van der Waals surface area contributed by atoms with E-state index in [0.29, 0.717) is 23.7 Å². The third kappa shape index (κ3) is 6.84. The number of hydrazone groups is 1. The zero-order valence-corrected chi connectivity index (χ0v) is 18.5. The molecule has 9 heteroatoms. The average molecular weight is 478 g/mol. The fourth-order valence-corrected chi connectivity index (χ4v) is 3.20. The van der Waals surface area contributed by atoms with Gasteiger partial charge in [0.25, 0.3) is 11.6 Å². The number of nitrogens with one attached hydrogen (secondary N) is 1. The molecule has 0 unspecified atom stereocenters. The minimum atomic E-state index is -0.524. The van der Waals surface area contributed by atoms with Crippen LogP contribution in [0.25, 0.3) is 0 Å². The molecule has 160 valence electrons. The summed E-state index contributed by atoms with van der Waals surface area (Å²) in [5, 5.41) is 14.6. The highest BCUT2D eigenvalue weighted by molar-refractivity contribution is 9.10. The van der Waals surface area contributed by atoms with Crippen LogP contribution in [0, 0.1) is 10.1 Å². The Balaban J connectivity index is 1.99. The van der Waals surface area contributed by atoms with E-state index in [1.165, 1.54) is 43.3 Å². The van der Waals surface area contributed by atoms with Crippen molar-refractivity contribution in [3.8, 4) is 11.5 Å². The molecule has 0 aliphatic rings. The maximum absolute atomic E-state index is 12.1. The normalized spacial score (nSPS) is 10.8. The first-order valence-electron chi connectivity index (χ1n) is 9.54. The number of rotatable bonds is 11. The van der Waals surface area contributed by atoms with E-state index in [1.54, 1.807) is 13.2 Å². The number of nitro benzene ring substituents is 1. The number of carbonyl (C=O) groups excluding carboxylic acids is 1. The van der Waals surface area contributed by atoms with Gasteiger partial charge in [-0.2, -0.15) is 5.10 Å². The Labute approximate surface area is 183 Å². The second kappa shape index (κ2) is 11.9. The first-order valence-corrected chi connectivity index (χ1v) is 10.3. The zero-order chi connectivity index (χ0) is 21.9. The van der Waals surface area contributed by atoms with Gasteiger partial charge >= 0.3 is 0 Å². The number of halogens is 1. The topological polar surface area (TPSA) is 103 Å². The molecular weight excluding hydrogens is 454 g/mol. The van der Waals surface area contributed by atoms with Crippen molar-refractivity contribution < 1.29 is 19.2 Å². The molecule has 0 spiro atoms. The minimum absolute atomic E-state index is 0.0836. The number of ether oxygens (including phenoxy) is 2. The maximum Gasteiger partial charge on any atom is 0.271 e. The fourth-order valence-electron chi connectivity index (χ4n) is 2.62. The highest BCUT2D eigenvalue weighted by Gasteiger charge is 2.12. The van der Waals surface area contributed by atoms with Gasteiger partial charge < -0.3 is 9.47 Å². The fraction of sp³-hybridized carbons (Fsp3) is 0.333. The molecule has 30 heavy (non-hydrogen) atoms. The summed E-state index contributed by atoms with van der Waals surface area (Å²) < 4.78 is 12.0.